The standard InChI is InChI=1S/C17H20N4O.C8H7NO/c1-12-7-6-8-13(2)15(12)20-16(18)21-17(22)19-11-14-9-4-3-5-10-14;10-7-9-6-8-4-2-1-3-5-8/h3-10H,11H2,1-2H3,(H4,18,19,20,21,22);1-5H,6H2. The van der Waals surface area contributed by atoms with Gasteiger partial charge in [-0.05, 0) is 36.1 Å². The number of nitrogens with zero attached hydrogens (tertiary/aromatic N) is 2. The Balaban J connectivity index is 0.000000303. The van der Waals surface area contributed by atoms with Gasteiger partial charge < -0.3 is 11.1 Å². The van der Waals surface area contributed by atoms with Gasteiger partial charge in [-0.2, -0.15) is 0 Å². The number of aliphatic imine (C=N–C) groups is 2. The Hall–Kier alpha value is -4.22. The molecule has 3 aromatic rings. The van der Waals surface area contributed by atoms with E-state index in [0.29, 0.717) is 13.1 Å². The maximum absolute atomic E-state index is 11.8. The zero-order valence-corrected chi connectivity index (χ0v) is 18.2. The molecule has 4 N–H and O–H groups in total. The van der Waals surface area contributed by atoms with Gasteiger partial charge in [0.2, 0.25) is 12.0 Å². The summed E-state index contributed by atoms with van der Waals surface area (Å²) < 4.78 is 0. The van der Waals surface area contributed by atoms with Gasteiger partial charge in [0.25, 0.3) is 0 Å². The molecule has 0 fully saturated rings. The van der Waals surface area contributed by atoms with Gasteiger partial charge >= 0.3 is 6.03 Å². The third-order valence-electron chi connectivity index (χ3n) is 4.38. The molecule has 0 aromatic heterocycles. The van der Waals surface area contributed by atoms with Crippen LogP contribution in [0.3, 0.4) is 0 Å². The van der Waals surface area contributed by atoms with Crippen molar-refractivity contribution in [3.05, 3.63) is 101 Å². The number of para-hydroxylation sites is 1. The van der Waals surface area contributed by atoms with Crippen LogP contribution in [0.15, 0.2) is 88.8 Å². The van der Waals surface area contributed by atoms with Gasteiger partial charge in [-0.1, -0.05) is 78.9 Å². The Bertz CT molecular complexity index is 1060. The molecule has 0 saturated heterocycles. The first-order chi connectivity index (χ1) is 15.5. The highest BCUT2D eigenvalue weighted by molar-refractivity contribution is 5.96. The van der Waals surface area contributed by atoms with Gasteiger partial charge in [-0.25, -0.2) is 19.6 Å². The molecule has 2 amide bonds. The Morgan fingerprint density at radius 2 is 1.44 bits per heavy atom. The first kappa shape index (κ1) is 24.1. The predicted molar refractivity (Wildman–Crippen MR) is 127 cm³/mol. The quantitative estimate of drug-likeness (QED) is 0.320. The number of carbonyl (C=O) groups is 1. The number of hydrogen-bond acceptors (Lipinski definition) is 4. The molecule has 164 valence electrons. The minimum absolute atomic E-state index is 0.0722. The van der Waals surface area contributed by atoms with Crippen molar-refractivity contribution in [3.63, 3.8) is 0 Å². The summed E-state index contributed by atoms with van der Waals surface area (Å²) in [6.45, 7) is 4.77. The molecular weight excluding hydrogens is 402 g/mol. The van der Waals surface area contributed by atoms with E-state index in [0.717, 1.165) is 27.9 Å². The maximum Gasteiger partial charge on any atom is 0.321 e. The van der Waals surface area contributed by atoms with Gasteiger partial charge in [-0.15, -0.1) is 0 Å². The highest BCUT2D eigenvalue weighted by atomic mass is 16.2. The fraction of sp³-hybridized carbons (Fsp3) is 0.160. The first-order valence-corrected chi connectivity index (χ1v) is 10.1. The van der Waals surface area contributed by atoms with Crippen molar-refractivity contribution in [1.29, 1.82) is 0 Å². The highest BCUT2D eigenvalue weighted by Gasteiger charge is 2.05. The molecule has 0 atom stereocenters. The summed E-state index contributed by atoms with van der Waals surface area (Å²) in [5.74, 6) is 0.0722. The molecule has 7 heteroatoms. The topological polar surface area (TPSA) is 109 Å². The lowest BCUT2D eigenvalue weighted by Crippen LogP contribution is -2.42. The Morgan fingerprint density at radius 1 is 0.875 bits per heavy atom. The van der Waals surface area contributed by atoms with Crippen molar-refractivity contribution in [1.82, 2.24) is 10.6 Å². The largest absolute Gasteiger partial charge is 0.369 e. The van der Waals surface area contributed by atoms with Gasteiger partial charge in [0.05, 0.1) is 12.2 Å². The molecule has 32 heavy (non-hydrogen) atoms. The molecule has 0 unspecified atom stereocenters. The molecule has 3 rings (SSSR count). The second-order valence-corrected chi connectivity index (χ2v) is 6.92. The number of nitrogens with two attached hydrogens (primary N) is 1. The summed E-state index contributed by atoms with van der Waals surface area (Å²) in [5.41, 5.74) is 10.6. The van der Waals surface area contributed by atoms with Crippen molar-refractivity contribution in [2.75, 3.05) is 0 Å². The number of guanidine groups is 1. The van der Waals surface area contributed by atoms with E-state index in [4.69, 9.17) is 5.73 Å². The lowest BCUT2D eigenvalue weighted by Gasteiger charge is -2.09. The summed E-state index contributed by atoms with van der Waals surface area (Å²) in [5, 5.41) is 5.26. The van der Waals surface area contributed by atoms with Gasteiger partial charge in [-0.3, -0.25) is 5.32 Å². The monoisotopic (exact) mass is 429 g/mol. The molecule has 0 aliphatic heterocycles. The number of amides is 2. The average Bonchev–Trinajstić information content (AvgIpc) is 2.81. The van der Waals surface area contributed by atoms with Crippen LogP contribution in [0.25, 0.3) is 0 Å². The van der Waals surface area contributed by atoms with Crippen LogP contribution in [0.4, 0.5) is 10.5 Å². The third kappa shape index (κ3) is 8.65. The van der Waals surface area contributed by atoms with Crippen molar-refractivity contribution in [2.24, 2.45) is 15.7 Å². The van der Waals surface area contributed by atoms with E-state index >= 15 is 0 Å². The summed E-state index contributed by atoms with van der Waals surface area (Å²) in [6, 6.07) is 24.7. The van der Waals surface area contributed by atoms with E-state index in [2.05, 4.69) is 20.6 Å². The fourth-order valence-corrected chi connectivity index (χ4v) is 2.78. The van der Waals surface area contributed by atoms with Crippen molar-refractivity contribution >= 4 is 23.8 Å². The molecule has 0 spiro atoms. The number of benzene rings is 3. The van der Waals surface area contributed by atoms with E-state index in [1.807, 2.05) is 92.7 Å². The van der Waals surface area contributed by atoms with Crippen LogP contribution in [0.5, 0.6) is 0 Å². The van der Waals surface area contributed by atoms with E-state index in [1.54, 1.807) is 0 Å². The Kier molecular flexibility index (Phi) is 9.89. The highest BCUT2D eigenvalue weighted by Crippen LogP contribution is 2.22. The van der Waals surface area contributed by atoms with Crippen molar-refractivity contribution in [3.8, 4) is 0 Å². The summed E-state index contributed by atoms with van der Waals surface area (Å²) in [4.78, 5) is 29.2. The minimum Gasteiger partial charge on any atom is -0.369 e. The fourth-order valence-electron chi connectivity index (χ4n) is 2.78. The van der Waals surface area contributed by atoms with E-state index in [-0.39, 0.29) is 12.0 Å². The Morgan fingerprint density at radius 3 is 2.00 bits per heavy atom. The van der Waals surface area contributed by atoms with Gasteiger partial charge in [0.1, 0.15) is 0 Å². The molecule has 0 heterocycles. The predicted octanol–water partition coefficient (Wildman–Crippen LogP) is 4.27. The van der Waals surface area contributed by atoms with Crippen LogP contribution in [-0.2, 0) is 17.9 Å². The summed E-state index contributed by atoms with van der Waals surface area (Å²) >= 11 is 0. The van der Waals surface area contributed by atoms with Crippen LogP contribution in [0.1, 0.15) is 22.3 Å². The number of nitrogens with one attached hydrogen (secondary N) is 2. The van der Waals surface area contributed by atoms with Crippen LogP contribution in [0.2, 0.25) is 0 Å². The number of isocyanates is 1. The maximum atomic E-state index is 11.8. The van der Waals surface area contributed by atoms with E-state index in [9.17, 15) is 9.59 Å². The van der Waals surface area contributed by atoms with E-state index in [1.165, 1.54) is 6.08 Å². The van der Waals surface area contributed by atoms with Crippen LogP contribution in [0, 0.1) is 13.8 Å². The Labute approximate surface area is 188 Å². The minimum atomic E-state index is -0.378. The lowest BCUT2D eigenvalue weighted by atomic mass is 10.1. The molecular formula is C25H27N5O2. The first-order valence-electron chi connectivity index (χ1n) is 10.1. The van der Waals surface area contributed by atoms with Crippen LogP contribution >= 0.6 is 0 Å². The second-order valence-electron chi connectivity index (χ2n) is 6.92. The zero-order valence-electron chi connectivity index (χ0n) is 18.2. The van der Waals surface area contributed by atoms with E-state index < -0.39 is 0 Å². The SMILES string of the molecule is Cc1cccc(C)c1N=C(N)NC(=O)NCc1ccccc1.O=C=NCc1ccccc1. The van der Waals surface area contributed by atoms with Crippen molar-refractivity contribution < 1.29 is 9.59 Å². The number of urea groups is 1. The van der Waals surface area contributed by atoms with Crippen molar-refractivity contribution in [2.45, 2.75) is 26.9 Å². The number of aryl methyl sites for hydroxylation is 2. The zero-order chi connectivity index (χ0) is 23.2. The summed E-state index contributed by atoms with van der Waals surface area (Å²) in [7, 11) is 0. The summed E-state index contributed by atoms with van der Waals surface area (Å²) in [6.07, 6.45) is 1.49. The van der Waals surface area contributed by atoms with Gasteiger partial charge in [0, 0.05) is 6.54 Å². The molecule has 3 aromatic carbocycles. The molecule has 0 saturated carbocycles. The van der Waals surface area contributed by atoms with Gasteiger partial charge in [0.15, 0.2) is 0 Å². The average molecular weight is 430 g/mol. The molecule has 0 aliphatic rings. The number of rotatable bonds is 5. The second kappa shape index (κ2) is 13.2. The molecule has 0 bridgehead atoms. The van der Waals surface area contributed by atoms with Crippen LogP contribution in [-0.4, -0.2) is 18.1 Å². The number of carbonyl (C=O) groups excluding carboxylic acids is 2. The molecule has 0 radical (unpaired) electrons. The number of hydrogen-bond donors (Lipinski definition) is 3. The van der Waals surface area contributed by atoms with Crippen LogP contribution < -0.4 is 16.4 Å². The lowest BCUT2D eigenvalue weighted by molar-refractivity contribution is 0.245. The third-order valence-corrected chi connectivity index (χ3v) is 4.38. The molecule has 7 nitrogen and oxygen atoms in total. The molecule has 0 aliphatic carbocycles. The normalized spacial score (nSPS) is 10.2. The smallest absolute Gasteiger partial charge is 0.321 e.